The van der Waals surface area contributed by atoms with Crippen LogP contribution < -0.4 is 10.5 Å². The van der Waals surface area contributed by atoms with E-state index in [2.05, 4.69) is 4.98 Å². The lowest BCUT2D eigenvalue weighted by Gasteiger charge is -2.09. The number of fused-ring (bicyclic) bond motifs is 1. The van der Waals surface area contributed by atoms with Gasteiger partial charge >= 0.3 is 0 Å². The highest BCUT2D eigenvalue weighted by atomic mass is 16.5. The van der Waals surface area contributed by atoms with Crippen LogP contribution in [0.4, 0.5) is 0 Å². The maximum absolute atomic E-state index is 5.86. The first kappa shape index (κ1) is 12.6. The molecular weight excluding hydrogens is 248 g/mol. The van der Waals surface area contributed by atoms with Crippen molar-refractivity contribution in [3.05, 3.63) is 65.9 Å². The highest BCUT2D eigenvalue weighted by molar-refractivity contribution is 5.79. The lowest BCUT2D eigenvalue weighted by molar-refractivity contribution is 0.480. The molecule has 0 bridgehead atoms. The van der Waals surface area contributed by atoms with Gasteiger partial charge < -0.3 is 10.5 Å². The normalized spacial score (nSPS) is 10.7. The molecule has 0 saturated carbocycles. The van der Waals surface area contributed by atoms with Gasteiger partial charge in [-0.3, -0.25) is 4.98 Å². The van der Waals surface area contributed by atoms with Gasteiger partial charge in [-0.25, -0.2) is 0 Å². The van der Waals surface area contributed by atoms with Gasteiger partial charge in [0.25, 0.3) is 0 Å². The van der Waals surface area contributed by atoms with E-state index < -0.39 is 0 Å². The molecule has 2 N–H and O–H groups in total. The number of nitrogens with two attached hydrogens (primary N) is 1. The Balaban J connectivity index is 1.90. The van der Waals surface area contributed by atoms with Crippen LogP contribution in [0.3, 0.4) is 0 Å². The molecule has 0 radical (unpaired) electrons. The van der Waals surface area contributed by atoms with Crippen LogP contribution in [0.1, 0.15) is 11.1 Å². The quantitative estimate of drug-likeness (QED) is 0.782. The van der Waals surface area contributed by atoms with E-state index in [1.165, 1.54) is 0 Å². The first-order valence-electron chi connectivity index (χ1n) is 6.58. The van der Waals surface area contributed by atoms with E-state index in [9.17, 15) is 0 Å². The lowest BCUT2D eigenvalue weighted by atomic mass is 10.1. The minimum absolute atomic E-state index is 0.545. The number of hydrogen-bond donors (Lipinski definition) is 1. The van der Waals surface area contributed by atoms with Gasteiger partial charge in [0, 0.05) is 11.9 Å². The number of pyridine rings is 1. The second-order valence-electron chi connectivity index (χ2n) is 4.76. The minimum Gasteiger partial charge on any atom is -0.456 e. The highest BCUT2D eigenvalue weighted by Crippen LogP contribution is 2.25. The molecule has 0 amide bonds. The van der Waals surface area contributed by atoms with Crippen LogP contribution >= 0.6 is 0 Å². The summed E-state index contributed by atoms with van der Waals surface area (Å²) in [5.41, 5.74) is 8.90. The third-order valence-electron chi connectivity index (χ3n) is 3.34. The zero-order chi connectivity index (χ0) is 13.9. The third-order valence-corrected chi connectivity index (χ3v) is 3.34. The van der Waals surface area contributed by atoms with Crippen molar-refractivity contribution < 1.29 is 4.74 Å². The molecule has 0 fully saturated rings. The summed E-state index contributed by atoms with van der Waals surface area (Å²) in [5, 5.41) is 1.07. The second-order valence-corrected chi connectivity index (χ2v) is 4.76. The van der Waals surface area contributed by atoms with Gasteiger partial charge in [0.1, 0.15) is 11.5 Å². The molecule has 0 aliphatic rings. The molecule has 0 aliphatic heterocycles. The predicted molar refractivity (Wildman–Crippen MR) is 80.9 cm³/mol. The summed E-state index contributed by atoms with van der Waals surface area (Å²) in [6, 6.07) is 15.9. The van der Waals surface area contributed by atoms with Crippen LogP contribution in [0.2, 0.25) is 0 Å². The molecule has 0 aliphatic carbocycles. The number of hydrogen-bond acceptors (Lipinski definition) is 3. The molecule has 0 saturated heterocycles. The number of nitrogens with zero attached hydrogens (tertiary/aromatic N) is 1. The van der Waals surface area contributed by atoms with Crippen LogP contribution in [0.25, 0.3) is 10.9 Å². The number of rotatable bonds is 3. The number of aromatic nitrogens is 1. The number of ether oxygens (including phenoxy) is 1. The van der Waals surface area contributed by atoms with Crippen LogP contribution in [-0.4, -0.2) is 4.98 Å². The Morgan fingerprint density at radius 1 is 1.05 bits per heavy atom. The first-order valence-corrected chi connectivity index (χ1v) is 6.58. The van der Waals surface area contributed by atoms with E-state index in [-0.39, 0.29) is 0 Å². The van der Waals surface area contributed by atoms with Crippen molar-refractivity contribution in [2.45, 2.75) is 13.5 Å². The summed E-state index contributed by atoms with van der Waals surface area (Å²) in [6.07, 6.45) is 1.74. The van der Waals surface area contributed by atoms with Crippen molar-refractivity contribution in [2.24, 2.45) is 5.73 Å². The molecule has 1 aromatic heterocycles. The molecule has 1 heterocycles. The van der Waals surface area contributed by atoms with Gasteiger partial charge in [0.05, 0.1) is 11.7 Å². The Morgan fingerprint density at radius 3 is 2.70 bits per heavy atom. The molecule has 20 heavy (non-hydrogen) atoms. The van der Waals surface area contributed by atoms with Gasteiger partial charge in [-0.2, -0.15) is 0 Å². The fourth-order valence-corrected chi connectivity index (χ4v) is 2.20. The third kappa shape index (κ3) is 2.49. The number of aryl methyl sites for hydroxylation is 1. The Bertz CT molecular complexity index is 753. The summed E-state index contributed by atoms with van der Waals surface area (Å²) in [4.78, 5) is 4.39. The molecule has 2 aromatic carbocycles. The summed E-state index contributed by atoms with van der Waals surface area (Å²) >= 11 is 0. The summed E-state index contributed by atoms with van der Waals surface area (Å²) in [6.45, 7) is 2.58. The maximum Gasteiger partial charge on any atom is 0.146 e. The number of benzene rings is 2. The summed E-state index contributed by atoms with van der Waals surface area (Å²) < 4.78 is 5.86. The Morgan fingerprint density at radius 2 is 1.90 bits per heavy atom. The van der Waals surface area contributed by atoms with Crippen LogP contribution in [0, 0.1) is 6.92 Å². The molecule has 0 atom stereocenters. The van der Waals surface area contributed by atoms with E-state index >= 15 is 0 Å². The van der Waals surface area contributed by atoms with Crippen LogP contribution in [-0.2, 0) is 6.54 Å². The Hall–Kier alpha value is -2.39. The molecule has 3 nitrogen and oxygen atoms in total. The largest absolute Gasteiger partial charge is 0.456 e. The molecule has 3 aromatic rings. The Kier molecular flexibility index (Phi) is 3.35. The van der Waals surface area contributed by atoms with Crippen molar-refractivity contribution in [2.75, 3.05) is 0 Å². The van der Waals surface area contributed by atoms with Gasteiger partial charge in [0.15, 0.2) is 0 Å². The zero-order valence-corrected chi connectivity index (χ0v) is 11.3. The summed E-state index contributed by atoms with van der Waals surface area (Å²) in [5.74, 6) is 1.54. The molecule has 0 spiro atoms. The van der Waals surface area contributed by atoms with Crippen molar-refractivity contribution in [3.8, 4) is 11.5 Å². The zero-order valence-electron chi connectivity index (χ0n) is 11.3. The van der Waals surface area contributed by atoms with Gasteiger partial charge in [-0.15, -0.1) is 0 Å². The predicted octanol–water partition coefficient (Wildman–Crippen LogP) is 3.79. The minimum atomic E-state index is 0.545. The monoisotopic (exact) mass is 264 g/mol. The van der Waals surface area contributed by atoms with Crippen molar-refractivity contribution in [1.82, 2.24) is 4.98 Å². The average Bonchev–Trinajstić information content (AvgIpc) is 2.47. The molecular formula is C17H16N2O. The SMILES string of the molecule is Cc1cc(Oc2cnc3ccccc3c2)ccc1CN. The standard InChI is InChI=1S/C17H16N2O/c1-12-8-15(7-6-14(12)10-18)20-16-9-13-4-2-3-5-17(13)19-11-16/h2-9,11H,10,18H2,1H3. The molecule has 3 rings (SSSR count). The van der Waals surface area contributed by atoms with Crippen molar-refractivity contribution >= 4 is 10.9 Å². The van der Waals surface area contributed by atoms with Gasteiger partial charge in [0.2, 0.25) is 0 Å². The fourth-order valence-electron chi connectivity index (χ4n) is 2.20. The Labute approximate surface area is 118 Å². The lowest BCUT2D eigenvalue weighted by Crippen LogP contribution is -1.99. The molecule has 3 heteroatoms. The second kappa shape index (κ2) is 5.31. The smallest absolute Gasteiger partial charge is 0.146 e. The average molecular weight is 264 g/mol. The van der Waals surface area contributed by atoms with Crippen LogP contribution in [0.15, 0.2) is 54.7 Å². The topological polar surface area (TPSA) is 48.1 Å². The number of para-hydroxylation sites is 1. The molecule has 100 valence electrons. The van der Waals surface area contributed by atoms with Gasteiger partial charge in [-0.1, -0.05) is 24.3 Å². The van der Waals surface area contributed by atoms with E-state index in [0.717, 1.165) is 33.5 Å². The molecule has 0 unspecified atom stereocenters. The van der Waals surface area contributed by atoms with Crippen molar-refractivity contribution in [1.29, 1.82) is 0 Å². The van der Waals surface area contributed by atoms with Gasteiger partial charge in [-0.05, 0) is 42.3 Å². The first-order chi connectivity index (χ1) is 9.76. The van der Waals surface area contributed by atoms with E-state index in [1.807, 2.05) is 55.5 Å². The maximum atomic E-state index is 5.86. The van der Waals surface area contributed by atoms with E-state index in [1.54, 1.807) is 6.20 Å². The van der Waals surface area contributed by atoms with Crippen LogP contribution in [0.5, 0.6) is 11.5 Å². The van der Waals surface area contributed by atoms with Crippen molar-refractivity contribution in [3.63, 3.8) is 0 Å². The van der Waals surface area contributed by atoms with E-state index in [0.29, 0.717) is 6.54 Å². The highest BCUT2D eigenvalue weighted by Gasteiger charge is 2.03. The summed E-state index contributed by atoms with van der Waals surface area (Å²) in [7, 11) is 0. The fraction of sp³-hybridized carbons (Fsp3) is 0.118. The van der Waals surface area contributed by atoms with E-state index in [4.69, 9.17) is 10.5 Å².